The number of para-hydroxylation sites is 3. The zero-order valence-electron chi connectivity index (χ0n) is 26.0. The van der Waals surface area contributed by atoms with Gasteiger partial charge in [-0.15, -0.1) is 0 Å². The van der Waals surface area contributed by atoms with Crippen LogP contribution in [0.4, 0.5) is 0 Å². The van der Waals surface area contributed by atoms with Crippen LogP contribution in [0.5, 0.6) is 0 Å². The number of aromatic nitrogens is 3. The Kier molecular flexibility index (Phi) is 5.31. The Hall–Kier alpha value is -6.00. The first kappa shape index (κ1) is 26.2. The first-order valence-electron chi connectivity index (χ1n) is 16.1. The minimum absolute atomic E-state index is 0.254. The zero-order valence-corrected chi connectivity index (χ0v) is 26.0. The molecule has 47 heavy (non-hydrogen) atoms. The van der Waals surface area contributed by atoms with E-state index in [1.807, 2.05) is 18.2 Å². The fourth-order valence-corrected chi connectivity index (χ4v) is 7.69. The van der Waals surface area contributed by atoms with Crippen molar-refractivity contribution in [3.05, 3.63) is 151 Å². The van der Waals surface area contributed by atoms with Gasteiger partial charge < -0.3 is 4.42 Å². The summed E-state index contributed by atoms with van der Waals surface area (Å²) >= 11 is 0. The molecule has 4 heteroatoms. The second kappa shape index (κ2) is 9.51. The molecule has 0 N–H and O–H groups in total. The molecule has 0 fully saturated rings. The molecule has 0 bridgehead atoms. The molecule has 0 amide bonds. The minimum atomic E-state index is -0.254. The molecular formula is C43H29N3O. The Balaban J connectivity index is 1.19. The molecule has 6 aromatic carbocycles. The molecule has 222 valence electrons. The summed E-state index contributed by atoms with van der Waals surface area (Å²) in [6.45, 7) is 4.64. The highest BCUT2D eigenvalue weighted by atomic mass is 16.3. The van der Waals surface area contributed by atoms with Gasteiger partial charge in [0.25, 0.3) is 0 Å². The van der Waals surface area contributed by atoms with E-state index < -0.39 is 0 Å². The van der Waals surface area contributed by atoms with Crippen LogP contribution >= 0.6 is 0 Å². The van der Waals surface area contributed by atoms with Crippen molar-refractivity contribution in [2.24, 2.45) is 0 Å². The summed E-state index contributed by atoms with van der Waals surface area (Å²) in [7, 11) is 0. The molecular weight excluding hydrogens is 574 g/mol. The highest BCUT2D eigenvalue weighted by Gasteiger charge is 2.36. The van der Waals surface area contributed by atoms with Gasteiger partial charge in [-0.3, -0.25) is 4.57 Å². The van der Waals surface area contributed by atoms with Crippen LogP contribution in [0.15, 0.2) is 144 Å². The second-order valence-electron chi connectivity index (χ2n) is 13.0. The van der Waals surface area contributed by atoms with Gasteiger partial charge in [-0.05, 0) is 58.7 Å². The van der Waals surface area contributed by atoms with Crippen molar-refractivity contribution in [3.63, 3.8) is 0 Å². The number of fused-ring (bicyclic) bond motifs is 8. The van der Waals surface area contributed by atoms with Gasteiger partial charge in [0.1, 0.15) is 5.58 Å². The molecule has 3 aromatic heterocycles. The normalized spacial score (nSPS) is 13.5. The van der Waals surface area contributed by atoms with Crippen molar-refractivity contribution < 1.29 is 4.42 Å². The Morgan fingerprint density at radius 2 is 1.28 bits per heavy atom. The fourth-order valence-electron chi connectivity index (χ4n) is 7.69. The van der Waals surface area contributed by atoms with Crippen LogP contribution in [0, 0.1) is 0 Å². The quantitative estimate of drug-likeness (QED) is 0.202. The molecule has 0 radical (unpaired) electrons. The third-order valence-electron chi connectivity index (χ3n) is 10.00. The monoisotopic (exact) mass is 603 g/mol. The number of benzene rings is 6. The Morgan fingerprint density at radius 3 is 2.17 bits per heavy atom. The molecule has 0 aliphatic carbocycles. The standard InChI is InChI=1S/C43H29N3O/c1-43(2)33-19-11-18-32-38-31-17-7-9-21-37(31)47-42(38)46(40(32)33)36-23-22-29(25-34(36)43)41-44-35-20-8-6-16-30(35)39(45-41)28-15-10-14-27(24-28)26-12-4-3-5-13-26/h3-25H,1-2H3. The molecule has 0 spiro atoms. The summed E-state index contributed by atoms with van der Waals surface area (Å²) in [6, 6.07) is 49.1. The maximum absolute atomic E-state index is 6.58. The molecule has 0 saturated carbocycles. The smallest absolute Gasteiger partial charge is 0.213 e. The third-order valence-corrected chi connectivity index (χ3v) is 10.00. The average molecular weight is 604 g/mol. The summed E-state index contributed by atoms with van der Waals surface area (Å²) in [6.07, 6.45) is 0. The lowest BCUT2D eigenvalue weighted by molar-refractivity contribution is 0.612. The van der Waals surface area contributed by atoms with E-state index in [1.54, 1.807) is 0 Å². The van der Waals surface area contributed by atoms with Gasteiger partial charge in [-0.1, -0.05) is 117 Å². The van der Waals surface area contributed by atoms with Crippen molar-refractivity contribution in [3.8, 4) is 39.5 Å². The number of furan rings is 1. The van der Waals surface area contributed by atoms with Crippen LogP contribution < -0.4 is 0 Å². The largest absolute Gasteiger partial charge is 0.439 e. The van der Waals surface area contributed by atoms with Gasteiger partial charge in [-0.2, -0.15) is 0 Å². The van der Waals surface area contributed by atoms with E-state index >= 15 is 0 Å². The molecule has 0 saturated heterocycles. The van der Waals surface area contributed by atoms with Gasteiger partial charge in [0.15, 0.2) is 5.82 Å². The van der Waals surface area contributed by atoms with Crippen LogP contribution in [-0.2, 0) is 5.41 Å². The summed E-state index contributed by atoms with van der Waals surface area (Å²) in [5.41, 5.74) is 12.7. The topological polar surface area (TPSA) is 43.9 Å². The van der Waals surface area contributed by atoms with E-state index in [4.69, 9.17) is 14.4 Å². The Labute approximate surface area is 271 Å². The lowest BCUT2D eigenvalue weighted by Crippen LogP contribution is -2.26. The van der Waals surface area contributed by atoms with Gasteiger partial charge in [0.05, 0.1) is 27.8 Å². The predicted molar refractivity (Wildman–Crippen MR) is 192 cm³/mol. The molecule has 1 aliphatic rings. The highest BCUT2D eigenvalue weighted by Crippen LogP contribution is 2.50. The molecule has 9 aromatic rings. The van der Waals surface area contributed by atoms with E-state index in [0.717, 1.165) is 55.7 Å². The fraction of sp³-hybridized carbons (Fsp3) is 0.0698. The van der Waals surface area contributed by atoms with Gasteiger partial charge in [0, 0.05) is 32.7 Å². The maximum atomic E-state index is 6.58. The summed E-state index contributed by atoms with van der Waals surface area (Å²) in [4.78, 5) is 10.4. The lowest BCUT2D eigenvalue weighted by atomic mass is 9.74. The van der Waals surface area contributed by atoms with Crippen LogP contribution in [-0.4, -0.2) is 14.5 Å². The second-order valence-corrected chi connectivity index (χ2v) is 13.0. The SMILES string of the molecule is CC1(C)c2cc(-c3nc(-c4cccc(-c5ccccc5)c4)c4ccccc4n3)ccc2-n2c3oc4ccccc4c3c3cccc1c32. The first-order valence-corrected chi connectivity index (χ1v) is 16.1. The minimum Gasteiger partial charge on any atom is -0.439 e. The maximum Gasteiger partial charge on any atom is 0.213 e. The molecule has 4 heterocycles. The van der Waals surface area contributed by atoms with E-state index in [2.05, 4.69) is 140 Å². The Morgan fingerprint density at radius 1 is 0.553 bits per heavy atom. The van der Waals surface area contributed by atoms with E-state index in [9.17, 15) is 0 Å². The van der Waals surface area contributed by atoms with Crippen molar-refractivity contribution in [1.82, 2.24) is 14.5 Å². The van der Waals surface area contributed by atoms with Gasteiger partial charge >= 0.3 is 0 Å². The summed E-state index contributed by atoms with van der Waals surface area (Å²) in [5.74, 6) is 0.716. The van der Waals surface area contributed by atoms with Crippen LogP contribution in [0.2, 0.25) is 0 Å². The number of rotatable bonds is 3. The molecule has 1 aliphatic heterocycles. The molecule has 4 nitrogen and oxygen atoms in total. The molecule has 10 rings (SSSR count). The van der Waals surface area contributed by atoms with Crippen molar-refractivity contribution >= 4 is 43.9 Å². The van der Waals surface area contributed by atoms with E-state index in [0.29, 0.717) is 5.82 Å². The number of hydrogen-bond donors (Lipinski definition) is 0. The first-order chi connectivity index (χ1) is 23.1. The van der Waals surface area contributed by atoms with E-state index in [-0.39, 0.29) is 5.41 Å². The predicted octanol–water partition coefficient (Wildman–Crippen LogP) is 11.1. The van der Waals surface area contributed by atoms with Crippen LogP contribution in [0.25, 0.3) is 83.3 Å². The third kappa shape index (κ3) is 3.70. The van der Waals surface area contributed by atoms with Crippen molar-refractivity contribution in [2.75, 3.05) is 0 Å². The van der Waals surface area contributed by atoms with E-state index in [1.165, 1.54) is 33.0 Å². The highest BCUT2D eigenvalue weighted by molar-refractivity contribution is 6.21. The lowest BCUT2D eigenvalue weighted by Gasteiger charge is -2.34. The molecule has 0 unspecified atom stereocenters. The van der Waals surface area contributed by atoms with Crippen molar-refractivity contribution in [1.29, 1.82) is 0 Å². The van der Waals surface area contributed by atoms with Gasteiger partial charge in [-0.25, -0.2) is 9.97 Å². The van der Waals surface area contributed by atoms with Gasteiger partial charge in [0.2, 0.25) is 5.71 Å². The number of hydrogen-bond acceptors (Lipinski definition) is 3. The van der Waals surface area contributed by atoms with Crippen LogP contribution in [0.1, 0.15) is 25.0 Å². The van der Waals surface area contributed by atoms with Crippen molar-refractivity contribution in [2.45, 2.75) is 19.3 Å². The average Bonchev–Trinajstić information content (AvgIpc) is 3.66. The summed E-state index contributed by atoms with van der Waals surface area (Å²) < 4.78 is 8.91. The zero-order chi connectivity index (χ0) is 31.3. The summed E-state index contributed by atoms with van der Waals surface area (Å²) in [5, 5.41) is 4.58. The Bertz CT molecular complexity index is 2710. The van der Waals surface area contributed by atoms with Crippen LogP contribution in [0.3, 0.4) is 0 Å². The molecule has 0 atom stereocenters. The number of nitrogens with zero attached hydrogens (tertiary/aromatic N) is 3.